The van der Waals surface area contributed by atoms with Crippen molar-refractivity contribution in [2.45, 2.75) is 6.54 Å². The summed E-state index contributed by atoms with van der Waals surface area (Å²) in [5.41, 5.74) is 0.348. The van der Waals surface area contributed by atoms with E-state index in [4.69, 9.17) is 5.11 Å². The minimum Gasteiger partial charge on any atom is -0.384 e. The highest BCUT2D eigenvalue weighted by molar-refractivity contribution is 5.94. The summed E-state index contributed by atoms with van der Waals surface area (Å²) < 4.78 is 15.5. The van der Waals surface area contributed by atoms with Gasteiger partial charge in [-0.1, -0.05) is 11.8 Å². The monoisotopic (exact) mass is 287 g/mol. The van der Waals surface area contributed by atoms with E-state index in [1.807, 2.05) is 7.05 Å². The number of hydrogen-bond acceptors (Lipinski definition) is 3. The lowest BCUT2D eigenvalue weighted by molar-refractivity contribution is 0.0949. The van der Waals surface area contributed by atoms with Gasteiger partial charge in [0.25, 0.3) is 5.91 Å². The summed E-state index contributed by atoms with van der Waals surface area (Å²) in [4.78, 5) is 16.0. The fourth-order valence-electron chi connectivity index (χ4n) is 1.72. The minimum atomic E-state index is -0.597. The van der Waals surface area contributed by atoms with Crippen LogP contribution in [0.4, 0.5) is 4.39 Å². The average molecular weight is 287 g/mol. The quantitative estimate of drug-likeness (QED) is 0.822. The van der Waals surface area contributed by atoms with Crippen molar-refractivity contribution < 1.29 is 14.3 Å². The van der Waals surface area contributed by atoms with Crippen LogP contribution in [-0.4, -0.2) is 27.2 Å². The molecule has 1 heterocycles. The van der Waals surface area contributed by atoms with Crippen molar-refractivity contribution in [3.63, 3.8) is 0 Å². The van der Waals surface area contributed by atoms with Crippen molar-refractivity contribution in [1.82, 2.24) is 14.9 Å². The highest BCUT2D eigenvalue weighted by Crippen LogP contribution is 2.09. The Morgan fingerprint density at radius 2 is 2.33 bits per heavy atom. The van der Waals surface area contributed by atoms with Crippen molar-refractivity contribution in [3.8, 4) is 11.8 Å². The van der Waals surface area contributed by atoms with Gasteiger partial charge in [0.1, 0.15) is 18.2 Å². The Kier molecular flexibility index (Phi) is 4.69. The van der Waals surface area contributed by atoms with E-state index in [-0.39, 0.29) is 24.3 Å². The number of nitrogens with one attached hydrogen (secondary N) is 1. The number of aryl methyl sites for hydroxylation is 1. The highest BCUT2D eigenvalue weighted by Gasteiger charge is 2.09. The van der Waals surface area contributed by atoms with Gasteiger partial charge in [-0.05, 0) is 18.2 Å². The normalized spacial score (nSPS) is 9.86. The fraction of sp³-hybridized carbons (Fsp3) is 0.200. The maximum absolute atomic E-state index is 13.7. The molecule has 0 saturated carbocycles. The third-order valence-corrected chi connectivity index (χ3v) is 2.86. The van der Waals surface area contributed by atoms with E-state index in [9.17, 15) is 9.18 Å². The molecule has 6 heteroatoms. The topological polar surface area (TPSA) is 67.2 Å². The van der Waals surface area contributed by atoms with Gasteiger partial charge >= 0.3 is 0 Å². The van der Waals surface area contributed by atoms with Gasteiger partial charge in [0.2, 0.25) is 0 Å². The first-order chi connectivity index (χ1) is 10.1. The number of amides is 1. The van der Waals surface area contributed by atoms with E-state index < -0.39 is 11.7 Å². The fourth-order valence-corrected chi connectivity index (χ4v) is 1.72. The van der Waals surface area contributed by atoms with Crippen molar-refractivity contribution in [2.24, 2.45) is 7.05 Å². The van der Waals surface area contributed by atoms with Gasteiger partial charge in [0.05, 0.1) is 12.1 Å². The molecule has 2 N–H and O–H groups in total. The van der Waals surface area contributed by atoms with Crippen LogP contribution in [0.1, 0.15) is 21.7 Å². The molecule has 21 heavy (non-hydrogen) atoms. The van der Waals surface area contributed by atoms with E-state index >= 15 is 0 Å². The highest BCUT2D eigenvalue weighted by atomic mass is 19.1. The molecule has 1 amide bonds. The molecule has 0 bridgehead atoms. The molecule has 0 unspecified atom stereocenters. The zero-order valence-electron chi connectivity index (χ0n) is 11.4. The first-order valence-corrected chi connectivity index (χ1v) is 6.25. The smallest absolute Gasteiger partial charge is 0.251 e. The molecule has 1 aromatic carbocycles. The number of nitrogens with zero attached hydrogens (tertiary/aromatic N) is 2. The molecule has 0 fully saturated rings. The number of carbonyl (C=O) groups is 1. The Morgan fingerprint density at radius 3 is 2.95 bits per heavy atom. The summed E-state index contributed by atoms with van der Waals surface area (Å²) in [7, 11) is 1.82. The molecule has 0 radical (unpaired) electrons. The van der Waals surface area contributed by atoms with Crippen LogP contribution >= 0.6 is 0 Å². The van der Waals surface area contributed by atoms with Crippen LogP contribution in [-0.2, 0) is 13.6 Å². The first-order valence-electron chi connectivity index (χ1n) is 6.25. The van der Waals surface area contributed by atoms with Crippen LogP contribution in [0.5, 0.6) is 0 Å². The van der Waals surface area contributed by atoms with Gasteiger partial charge in [-0.3, -0.25) is 4.79 Å². The molecule has 2 aromatic rings. The number of hydrogen-bond donors (Lipinski definition) is 2. The average Bonchev–Trinajstić information content (AvgIpc) is 2.88. The molecule has 0 saturated heterocycles. The second kappa shape index (κ2) is 6.68. The Labute approximate surface area is 121 Å². The number of aromatic nitrogens is 2. The molecular formula is C15H14FN3O2. The van der Waals surface area contributed by atoms with Gasteiger partial charge in [-0.25, -0.2) is 9.37 Å². The summed E-state index contributed by atoms with van der Waals surface area (Å²) in [5, 5.41) is 11.2. The number of imidazole rings is 1. The summed E-state index contributed by atoms with van der Waals surface area (Å²) >= 11 is 0. The van der Waals surface area contributed by atoms with Crippen LogP contribution in [0.25, 0.3) is 0 Å². The Hall–Kier alpha value is -2.65. The Bertz CT molecular complexity index is 713. The number of halogens is 1. The largest absolute Gasteiger partial charge is 0.384 e. The Morgan fingerprint density at radius 1 is 1.52 bits per heavy atom. The zero-order valence-corrected chi connectivity index (χ0v) is 11.4. The van der Waals surface area contributed by atoms with Gasteiger partial charge in [0.15, 0.2) is 0 Å². The maximum atomic E-state index is 13.7. The summed E-state index contributed by atoms with van der Waals surface area (Å²) in [6.45, 7) is -0.0820. The predicted octanol–water partition coefficient (Wildman–Crippen LogP) is 0.833. The SMILES string of the molecule is Cn1ccnc1CNC(=O)c1ccc(C#CCO)c(F)c1. The van der Waals surface area contributed by atoms with Crippen molar-refractivity contribution in [2.75, 3.05) is 6.61 Å². The number of carbonyl (C=O) groups excluding carboxylic acids is 1. The van der Waals surface area contributed by atoms with Crippen molar-refractivity contribution in [1.29, 1.82) is 0 Å². The summed E-state index contributed by atoms with van der Waals surface area (Å²) in [5.74, 6) is 4.54. The molecule has 108 valence electrons. The lowest BCUT2D eigenvalue weighted by atomic mass is 10.1. The lowest BCUT2D eigenvalue weighted by Crippen LogP contribution is -2.24. The number of rotatable bonds is 3. The standard InChI is InChI=1S/C15H14FN3O2/c1-19-7-6-17-14(19)10-18-15(21)12-5-4-11(3-2-8-20)13(16)9-12/h4-7,9,20H,8,10H2,1H3,(H,18,21). The van der Waals surface area contributed by atoms with Gasteiger partial charge in [-0.2, -0.15) is 0 Å². The molecule has 0 spiro atoms. The maximum Gasteiger partial charge on any atom is 0.251 e. The molecular weight excluding hydrogens is 273 g/mol. The third kappa shape index (κ3) is 3.68. The molecule has 0 aliphatic carbocycles. The second-order valence-corrected chi connectivity index (χ2v) is 4.29. The Balaban J connectivity index is 2.06. The summed E-state index contributed by atoms with van der Waals surface area (Å²) in [6.07, 6.45) is 3.41. The van der Waals surface area contributed by atoms with Crippen LogP contribution in [0.15, 0.2) is 30.6 Å². The van der Waals surface area contributed by atoms with Crippen LogP contribution in [0.2, 0.25) is 0 Å². The number of aliphatic hydroxyl groups is 1. The van der Waals surface area contributed by atoms with Crippen LogP contribution in [0.3, 0.4) is 0 Å². The predicted molar refractivity (Wildman–Crippen MR) is 74.7 cm³/mol. The van der Waals surface area contributed by atoms with E-state index in [2.05, 4.69) is 22.1 Å². The summed E-state index contributed by atoms with van der Waals surface area (Å²) in [6, 6.07) is 4.01. The molecule has 5 nitrogen and oxygen atoms in total. The minimum absolute atomic E-state index is 0.143. The van der Waals surface area contributed by atoms with Gasteiger partial charge in [-0.15, -0.1) is 0 Å². The van der Waals surface area contributed by atoms with Gasteiger partial charge in [0, 0.05) is 25.0 Å². The van der Waals surface area contributed by atoms with E-state index in [1.165, 1.54) is 12.1 Å². The zero-order chi connectivity index (χ0) is 15.2. The van der Waals surface area contributed by atoms with E-state index in [1.54, 1.807) is 17.0 Å². The van der Waals surface area contributed by atoms with Gasteiger partial charge < -0.3 is 15.0 Å². The van der Waals surface area contributed by atoms with E-state index in [0.29, 0.717) is 5.82 Å². The number of aliphatic hydroxyl groups excluding tert-OH is 1. The molecule has 0 aliphatic rings. The number of benzene rings is 1. The second-order valence-electron chi connectivity index (χ2n) is 4.29. The van der Waals surface area contributed by atoms with Crippen molar-refractivity contribution in [3.05, 3.63) is 53.4 Å². The molecule has 1 aromatic heterocycles. The first kappa shape index (κ1) is 14.8. The lowest BCUT2D eigenvalue weighted by Gasteiger charge is -2.06. The molecule has 2 rings (SSSR count). The third-order valence-electron chi connectivity index (χ3n) is 2.86. The van der Waals surface area contributed by atoms with Crippen LogP contribution in [0, 0.1) is 17.7 Å². The van der Waals surface area contributed by atoms with Crippen molar-refractivity contribution >= 4 is 5.91 Å². The van der Waals surface area contributed by atoms with E-state index in [0.717, 1.165) is 6.07 Å². The van der Waals surface area contributed by atoms with Crippen LogP contribution < -0.4 is 5.32 Å². The molecule has 0 atom stereocenters. The molecule has 0 aliphatic heterocycles.